The zero-order valence-electron chi connectivity index (χ0n) is 7.90. The van der Waals surface area contributed by atoms with Crippen LogP contribution in [0.15, 0.2) is 27.5 Å². The molecule has 1 aromatic carbocycles. The number of fused-ring (bicyclic) bond motifs is 1. The summed E-state index contributed by atoms with van der Waals surface area (Å²) in [5.74, 6) is 0. The molecule has 3 nitrogen and oxygen atoms in total. The number of hydrogen-bond acceptors (Lipinski definition) is 3. The van der Waals surface area contributed by atoms with Gasteiger partial charge in [-0.25, -0.2) is 0 Å². The van der Waals surface area contributed by atoms with E-state index in [1.807, 2.05) is 18.2 Å². The first-order valence-electron chi connectivity index (χ1n) is 4.34. The van der Waals surface area contributed by atoms with Crippen molar-refractivity contribution in [2.75, 3.05) is 0 Å². The van der Waals surface area contributed by atoms with Crippen molar-refractivity contribution in [2.45, 2.75) is 13.0 Å². The number of nitriles is 1. The third-order valence-corrected chi connectivity index (χ3v) is 4.09. The van der Waals surface area contributed by atoms with Gasteiger partial charge < -0.3 is 0 Å². The highest BCUT2D eigenvalue weighted by atomic mass is 79.9. The number of nitrogens with zero attached hydrogens (tertiary/aromatic N) is 2. The number of halogens is 1. The maximum absolute atomic E-state index is 11.7. The largest absolute Gasteiger partial charge is 0.309 e. The first-order chi connectivity index (χ1) is 7.15. The van der Waals surface area contributed by atoms with Gasteiger partial charge in [-0.3, -0.25) is 9.36 Å². The van der Waals surface area contributed by atoms with Crippen LogP contribution in [0, 0.1) is 11.3 Å². The summed E-state index contributed by atoms with van der Waals surface area (Å²) in [6, 6.07) is 7.25. The lowest BCUT2D eigenvalue weighted by molar-refractivity contribution is 0.686. The second-order valence-electron chi connectivity index (χ2n) is 3.13. The van der Waals surface area contributed by atoms with Gasteiger partial charge in [0.25, 0.3) is 0 Å². The summed E-state index contributed by atoms with van der Waals surface area (Å²) in [7, 11) is 0. The van der Waals surface area contributed by atoms with Crippen molar-refractivity contribution in [3.05, 3.63) is 32.3 Å². The molecule has 0 radical (unpaired) electrons. The van der Waals surface area contributed by atoms with Gasteiger partial charge in [0.05, 0.1) is 16.3 Å². The SMILES string of the molecule is CC(C#N)n1c(=O)sc2c(Br)cccc21. The Hall–Kier alpha value is -1.12. The lowest BCUT2D eigenvalue weighted by Crippen LogP contribution is -2.15. The van der Waals surface area contributed by atoms with Gasteiger partial charge in [0, 0.05) is 4.47 Å². The fourth-order valence-corrected chi connectivity index (χ4v) is 3.01. The molecule has 0 N–H and O–H groups in total. The molecule has 0 spiro atoms. The Morgan fingerprint density at radius 3 is 3.00 bits per heavy atom. The van der Waals surface area contributed by atoms with E-state index in [1.54, 1.807) is 6.92 Å². The minimum Gasteiger partial charge on any atom is -0.282 e. The van der Waals surface area contributed by atoms with Crippen molar-refractivity contribution in [2.24, 2.45) is 0 Å². The Morgan fingerprint density at radius 1 is 1.60 bits per heavy atom. The third-order valence-electron chi connectivity index (χ3n) is 2.17. The molecule has 1 unspecified atom stereocenters. The summed E-state index contributed by atoms with van der Waals surface area (Å²) in [5.41, 5.74) is 0.813. The van der Waals surface area contributed by atoms with Gasteiger partial charge in [-0.2, -0.15) is 5.26 Å². The predicted molar refractivity (Wildman–Crippen MR) is 64.1 cm³/mol. The highest BCUT2D eigenvalue weighted by molar-refractivity contribution is 9.10. The lowest BCUT2D eigenvalue weighted by Gasteiger charge is -2.04. The van der Waals surface area contributed by atoms with Gasteiger partial charge in [-0.05, 0) is 35.0 Å². The van der Waals surface area contributed by atoms with Gasteiger partial charge >= 0.3 is 4.87 Å². The molecular formula is C10H7BrN2OS. The molecule has 1 atom stereocenters. The van der Waals surface area contributed by atoms with E-state index in [9.17, 15) is 4.79 Å². The van der Waals surface area contributed by atoms with Crippen LogP contribution in [0.25, 0.3) is 10.2 Å². The first kappa shape index (κ1) is 10.4. The van der Waals surface area contributed by atoms with Crippen LogP contribution in [0.4, 0.5) is 0 Å². The average molecular weight is 283 g/mol. The molecule has 1 heterocycles. The third kappa shape index (κ3) is 1.60. The van der Waals surface area contributed by atoms with Crippen molar-refractivity contribution in [3.63, 3.8) is 0 Å². The van der Waals surface area contributed by atoms with E-state index in [4.69, 9.17) is 5.26 Å². The van der Waals surface area contributed by atoms with E-state index in [0.717, 1.165) is 26.0 Å². The highest BCUT2D eigenvalue weighted by Gasteiger charge is 2.13. The zero-order chi connectivity index (χ0) is 11.0. The van der Waals surface area contributed by atoms with E-state index in [-0.39, 0.29) is 4.87 Å². The summed E-state index contributed by atoms with van der Waals surface area (Å²) in [6.07, 6.45) is 0. The first-order valence-corrected chi connectivity index (χ1v) is 5.95. The lowest BCUT2D eigenvalue weighted by atomic mass is 10.3. The molecule has 0 bridgehead atoms. The van der Waals surface area contributed by atoms with Gasteiger partial charge in [-0.1, -0.05) is 17.4 Å². The number of aromatic nitrogens is 1. The molecule has 0 fully saturated rings. The van der Waals surface area contributed by atoms with Gasteiger partial charge in [0.15, 0.2) is 0 Å². The van der Waals surface area contributed by atoms with Gasteiger partial charge in [0.1, 0.15) is 6.04 Å². The standard InChI is InChI=1S/C10H7BrN2OS/c1-6(5-12)13-8-4-2-3-7(11)9(8)15-10(13)14/h2-4,6H,1H3. The van der Waals surface area contributed by atoms with Gasteiger partial charge in [-0.15, -0.1) is 0 Å². The minimum absolute atomic E-state index is 0.0917. The number of thiazole rings is 1. The number of rotatable bonds is 1. The van der Waals surface area contributed by atoms with Crippen molar-refractivity contribution >= 4 is 37.5 Å². The van der Waals surface area contributed by atoms with Crippen LogP contribution < -0.4 is 4.87 Å². The summed E-state index contributed by atoms with van der Waals surface area (Å²) in [4.78, 5) is 11.6. The quantitative estimate of drug-likeness (QED) is 0.807. The molecule has 15 heavy (non-hydrogen) atoms. The van der Waals surface area contributed by atoms with Crippen LogP contribution >= 0.6 is 27.3 Å². The van der Waals surface area contributed by atoms with E-state index in [0.29, 0.717) is 0 Å². The van der Waals surface area contributed by atoms with Crippen molar-refractivity contribution in [1.82, 2.24) is 4.57 Å². The Balaban J connectivity index is 2.87. The van der Waals surface area contributed by atoms with Crippen LogP contribution in [0.5, 0.6) is 0 Å². The molecule has 0 aliphatic rings. The normalized spacial score (nSPS) is 12.6. The molecule has 0 amide bonds. The van der Waals surface area contributed by atoms with E-state index >= 15 is 0 Å². The summed E-state index contributed by atoms with van der Waals surface area (Å²) >= 11 is 4.55. The fraction of sp³-hybridized carbons (Fsp3) is 0.200. The van der Waals surface area contributed by atoms with Crippen LogP contribution in [-0.4, -0.2) is 4.57 Å². The fourth-order valence-electron chi connectivity index (χ4n) is 1.45. The number of hydrogen-bond donors (Lipinski definition) is 0. The zero-order valence-corrected chi connectivity index (χ0v) is 10.3. The van der Waals surface area contributed by atoms with Crippen molar-refractivity contribution < 1.29 is 0 Å². The molecule has 0 saturated heterocycles. The molecule has 2 aromatic rings. The van der Waals surface area contributed by atoms with Crippen LogP contribution in [-0.2, 0) is 0 Å². The minimum atomic E-state index is -0.430. The Morgan fingerprint density at radius 2 is 2.33 bits per heavy atom. The molecule has 0 aliphatic carbocycles. The Bertz CT molecular complexity index is 608. The van der Waals surface area contributed by atoms with Crippen LogP contribution in [0.1, 0.15) is 13.0 Å². The van der Waals surface area contributed by atoms with E-state index in [1.165, 1.54) is 4.57 Å². The maximum Gasteiger partial charge on any atom is 0.309 e. The molecular weight excluding hydrogens is 276 g/mol. The number of benzene rings is 1. The summed E-state index contributed by atoms with van der Waals surface area (Å²) in [5, 5.41) is 8.84. The topological polar surface area (TPSA) is 45.8 Å². The molecule has 1 aromatic heterocycles. The van der Waals surface area contributed by atoms with Crippen molar-refractivity contribution in [1.29, 1.82) is 5.26 Å². The molecule has 0 aliphatic heterocycles. The average Bonchev–Trinajstić information content (AvgIpc) is 2.55. The predicted octanol–water partition coefficient (Wildman–Crippen LogP) is 2.91. The van der Waals surface area contributed by atoms with Gasteiger partial charge in [0.2, 0.25) is 0 Å². The van der Waals surface area contributed by atoms with E-state index < -0.39 is 6.04 Å². The molecule has 2 rings (SSSR count). The Labute approximate surface area is 98.7 Å². The molecule has 0 saturated carbocycles. The van der Waals surface area contributed by atoms with E-state index in [2.05, 4.69) is 22.0 Å². The van der Waals surface area contributed by atoms with Crippen LogP contribution in [0.2, 0.25) is 0 Å². The molecule has 76 valence electrons. The maximum atomic E-state index is 11.7. The second-order valence-corrected chi connectivity index (χ2v) is 4.95. The summed E-state index contributed by atoms with van der Waals surface area (Å²) < 4.78 is 3.31. The van der Waals surface area contributed by atoms with Crippen LogP contribution in [0.3, 0.4) is 0 Å². The monoisotopic (exact) mass is 282 g/mol. The summed E-state index contributed by atoms with van der Waals surface area (Å²) in [6.45, 7) is 1.72. The molecule has 5 heteroatoms. The second kappa shape index (κ2) is 3.80. The Kier molecular flexibility index (Phi) is 2.63. The smallest absolute Gasteiger partial charge is 0.282 e. The van der Waals surface area contributed by atoms with Crippen molar-refractivity contribution in [3.8, 4) is 6.07 Å². The highest BCUT2D eigenvalue weighted by Crippen LogP contribution is 2.27.